The van der Waals surface area contributed by atoms with Gasteiger partial charge in [0.1, 0.15) is 0 Å². The summed E-state index contributed by atoms with van der Waals surface area (Å²) in [6.07, 6.45) is 1.05. The molecular weight excluding hydrogens is 168 g/mol. The van der Waals surface area contributed by atoms with Crippen molar-refractivity contribution in [3.8, 4) is 0 Å². The van der Waals surface area contributed by atoms with Crippen molar-refractivity contribution >= 4 is 11.3 Å². The van der Waals surface area contributed by atoms with Crippen molar-refractivity contribution in [2.75, 3.05) is 6.54 Å². The zero-order valence-corrected chi connectivity index (χ0v) is 8.23. The Kier molecular flexibility index (Phi) is 4.29. The molecule has 0 radical (unpaired) electrons. The fraction of sp³-hybridized carbons (Fsp3) is 0.556. The van der Waals surface area contributed by atoms with E-state index in [0.29, 0.717) is 6.04 Å². The summed E-state index contributed by atoms with van der Waals surface area (Å²) >= 11 is 1.74. The standard InChI is InChI=1S/C9H16N2S/c1-8(10)2-4-11-6-9-3-5-12-7-9/h3,5,7-8,11H,2,4,6,10H2,1H3. The lowest BCUT2D eigenvalue weighted by Gasteiger charge is -2.05. The third-order valence-electron chi connectivity index (χ3n) is 1.69. The van der Waals surface area contributed by atoms with Gasteiger partial charge in [0.05, 0.1) is 0 Å². The third-order valence-corrected chi connectivity index (χ3v) is 2.42. The lowest BCUT2D eigenvalue weighted by Crippen LogP contribution is -2.23. The van der Waals surface area contributed by atoms with Gasteiger partial charge in [-0.25, -0.2) is 0 Å². The Labute approximate surface area is 77.8 Å². The molecule has 1 aromatic heterocycles. The summed E-state index contributed by atoms with van der Waals surface area (Å²) in [5, 5.41) is 7.61. The van der Waals surface area contributed by atoms with Crippen molar-refractivity contribution < 1.29 is 0 Å². The topological polar surface area (TPSA) is 38.0 Å². The molecule has 0 saturated heterocycles. The van der Waals surface area contributed by atoms with Crippen molar-refractivity contribution in [3.05, 3.63) is 22.4 Å². The molecule has 3 N–H and O–H groups in total. The van der Waals surface area contributed by atoms with Crippen molar-refractivity contribution in [2.45, 2.75) is 25.9 Å². The normalized spacial score (nSPS) is 13.2. The molecule has 0 bridgehead atoms. The first kappa shape index (κ1) is 9.71. The highest BCUT2D eigenvalue weighted by Crippen LogP contribution is 2.04. The minimum Gasteiger partial charge on any atom is -0.328 e. The average molecular weight is 184 g/mol. The summed E-state index contributed by atoms with van der Waals surface area (Å²) in [7, 11) is 0. The summed E-state index contributed by atoms with van der Waals surface area (Å²) in [4.78, 5) is 0. The van der Waals surface area contributed by atoms with Crippen molar-refractivity contribution in [1.29, 1.82) is 0 Å². The molecule has 0 aromatic carbocycles. The predicted molar refractivity (Wildman–Crippen MR) is 54.3 cm³/mol. The van der Waals surface area contributed by atoms with Gasteiger partial charge in [-0.05, 0) is 42.3 Å². The van der Waals surface area contributed by atoms with Gasteiger partial charge in [0.15, 0.2) is 0 Å². The van der Waals surface area contributed by atoms with Crippen LogP contribution < -0.4 is 11.1 Å². The second-order valence-corrected chi connectivity index (χ2v) is 3.85. The first-order valence-electron chi connectivity index (χ1n) is 4.26. The van der Waals surface area contributed by atoms with Crippen LogP contribution in [-0.4, -0.2) is 12.6 Å². The fourth-order valence-electron chi connectivity index (χ4n) is 0.956. The molecule has 0 aliphatic rings. The van der Waals surface area contributed by atoms with E-state index < -0.39 is 0 Å². The molecule has 68 valence electrons. The SMILES string of the molecule is CC(N)CCNCc1ccsc1. The maximum Gasteiger partial charge on any atom is 0.0213 e. The molecule has 0 aliphatic heterocycles. The lowest BCUT2D eigenvalue weighted by atomic mass is 10.2. The number of nitrogens with one attached hydrogen (secondary N) is 1. The van der Waals surface area contributed by atoms with E-state index in [-0.39, 0.29) is 0 Å². The summed E-state index contributed by atoms with van der Waals surface area (Å²) in [6.45, 7) is 4.01. The Hall–Kier alpha value is -0.380. The highest BCUT2D eigenvalue weighted by atomic mass is 32.1. The van der Waals surface area contributed by atoms with Crippen molar-refractivity contribution in [2.24, 2.45) is 5.73 Å². The Morgan fingerprint density at radius 1 is 1.67 bits per heavy atom. The maximum absolute atomic E-state index is 5.61. The van der Waals surface area contributed by atoms with Gasteiger partial charge in [-0.2, -0.15) is 11.3 Å². The molecule has 1 aromatic rings. The Morgan fingerprint density at radius 2 is 2.50 bits per heavy atom. The van der Waals surface area contributed by atoms with Gasteiger partial charge >= 0.3 is 0 Å². The average Bonchev–Trinajstić information content (AvgIpc) is 2.49. The van der Waals surface area contributed by atoms with Crippen LogP contribution in [0.5, 0.6) is 0 Å². The number of nitrogens with two attached hydrogens (primary N) is 1. The first-order chi connectivity index (χ1) is 5.79. The number of thiophene rings is 1. The van der Waals surface area contributed by atoms with Gasteiger partial charge in [-0.15, -0.1) is 0 Å². The van der Waals surface area contributed by atoms with Gasteiger partial charge in [-0.3, -0.25) is 0 Å². The molecule has 1 rings (SSSR count). The van der Waals surface area contributed by atoms with E-state index in [9.17, 15) is 0 Å². The summed E-state index contributed by atoms with van der Waals surface area (Å²) < 4.78 is 0. The minimum absolute atomic E-state index is 0.306. The molecule has 3 heteroatoms. The van der Waals surface area contributed by atoms with Crippen LogP contribution >= 0.6 is 11.3 Å². The van der Waals surface area contributed by atoms with Crippen LogP contribution in [0.4, 0.5) is 0 Å². The molecule has 1 unspecified atom stereocenters. The molecule has 1 heterocycles. The largest absolute Gasteiger partial charge is 0.328 e. The van der Waals surface area contributed by atoms with Crippen LogP contribution in [0.1, 0.15) is 18.9 Å². The van der Waals surface area contributed by atoms with E-state index in [1.807, 2.05) is 6.92 Å². The third kappa shape index (κ3) is 3.85. The van der Waals surface area contributed by atoms with Crippen LogP contribution in [0.25, 0.3) is 0 Å². The quantitative estimate of drug-likeness (QED) is 0.682. The fourth-order valence-corrected chi connectivity index (χ4v) is 1.62. The number of hydrogen-bond donors (Lipinski definition) is 2. The van der Waals surface area contributed by atoms with Gasteiger partial charge < -0.3 is 11.1 Å². The van der Waals surface area contributed by atoms with Gasteiger partial charge in [0.2, 0.25) is 0 Å². The van der Waals surface area contributed by atoms with Crippen LogP contribution in [0.3, 0.4) is 0 Å². The molecule has 0 amide bonds. The Bertz CT molecular complexity index is 194. The molecular formula is C9H16N2S. The van der Waals surface area contributed by atoms with Crippen LogP contribution in [0, 0.1) is 0 Å². The van der Waals surface area contributed by atoms with E-state index in [1.165, 1.54) is 5.56 Å². The summed E-state index contributed by atoms with van der Waals surface area (Å²) in [5.41, 5.74) is 6.98. The highest BCUT2D eigenvalue weighted by Gasteiger charge is 1.94. The molecule has 0 aliphatic carbocycles. The summed E-state index contributed by atoms with van der Waals surface area (Å²) in [6, 6.07) is 2.45. The Morgan fingerprint density at radius 3 is 3.08 bits per heavy atom. The van der Waals surface area contributed by atoms with Crippen molar-refractivity contribution in [3.63, 3.8) is 0 Å². The first-order valence-corrected chi connectivity index (χ1v) is 5.20. The van der Waals surface area contributed by atoms with E-state index in [4.69, 9.17) is 5.73 Å². The minimum atomic E-state index is 0.306. The van der Waals surface area contributed by atoms with Crippen LogP contribution in [0.2, 0.25) is 0 Å². The van der Waals surface area contributed by atoms with Gasteiger partial charge in [0.25, 0.3) is 0 Å². The van der Waals surface area contributed by atoms with Gasteiger partial charge in [0, 0.05) is 12.6 Å². The Balaban J connectivity index is 2.04. The molecule has 1 atom stereocenters. The molecule has 12 heavy (non-hydrogen) atoms. The molecule has 2 nitrogen and oxygen atoms in total. The second-order valence-electron chi connectivity index (χ2n) is 3.07. The highest BCUT2D eigenvalue weighted by molar-refractivity contribution is 7.07. The van der Waals surface area contributed by atoms with Gasteiger partial charge in [-0.1, -0.05) is 0 Å². The monoisotopic (exact) mass is 184 g/mol. The smallest absolute Gasteiger partial charge is 0.0213 e. The van der Waals surface area contributed by atoms with E-state index in [0.717, 1.165) is 19.5 Å². The zero-order chi connectivity index (χ0) is 8.81. The number of rotatable bonds is 5. The van der Waals surface area contributed by atoms with Crippen LogP contribution in [-0.2, 0) is 6.54 Å². The second kappa shape index (κ2) is 5.30. The van der Waals surface area contributed by atoms with Crippen molar-refractivity contribution in [1.82, 2.24) is 5.32 Å². The van der Waals surface area contributed by atoms with E-state index in [2.05, 4.69) is 22.1 Å². The maximum atomic E-state index is 5.61. The van der Waals surface area contributed by atoms with E-state index >= 15 is 0 Å². The molecule has 0 fully saturated rings. The van der Waals surface area contributed by atoms with E-state index in [1.54, 1.807) is 11.3 Å². The number of hydrogen-bond acceptors (Lipinski definition) is 3. The summed E-state index contributed by atoms with van der Waals surface area (Å²) in [5.74, 6) is 0. The molecule has 0 saturated carbocycles. The molecule has 0 spiro atoms. The lowest BCUT2D eigenvalue weighted by molar-refractivity contribution is 0.589. The predicted octanol–water partition coefficient (Wildman–Crippen LogP) is 1.58. The van der Waals surface area contributed by atoms with Crippen LogP contribution in [0.15, 0.2) is 16.8 Å². The zero-order valence-electron chi connectivity index (χ0n) is 7.42.